The predicted octanol–water partition coefficient (Wildman–Crippen LogP) is 7.46. The van der Waals surface area contributed by atoms with Gasteiger partial charge in [0.15, 0.2) is 0 Å². The van der Waals surface area contributed by atoms with Crippen LogP contribution in [0.4, 0.5) is 0 Å². The highest BCUT2D eigenvalue weighted by atomic mass is 16.3. The Labute approximate surface area is 196 Å². The lowest BCUT2D eigenvalue weighted by Crippen LogP contribution is -2.35. The van der Waals surface area contributed by atoms with Crippen molar-refractivity contribution in [3.05, 3.63) is 59.8 Å². The molecule has 3 saturated carbocycles. The van der Waals surface area contributed by atoms with Crippen LogP contribution < -0.4 is 0 Å². The second-order valence-electron chi connectivity index (χ2n) is 10.9. The smallest absolute Gasteiger partial charge is 0.0825 e. The molecule has 0 aliphatic heterocycles. The molecule has 3 rings (SSSR count). The fraction of sp³-hybridized carbons (Fsp3) is 0.667. The molecule has 2 N–H and O–H groups in total. The van der Waals surface area contributed by atoms with Gasteiger partial charge in [-0.25, -0.2) is 0 Å². The van der Waals surface area contributed by atoms with E-state index in [1.807, 2.05) is 26.0 Å². The lowest BCUT2D eigenvalue weighted by Gasteiger charge is -2.44. The maximum Gasteiger partial charge on any atom is 0.0825 e. The fourth-order valence-corrected chi connectivity index (χ4v) is 6.63. The molecule has 0 aromatic rings. The average Bonchev–Trinajstić information content (AvgIpc) is 3.14. The highest BCUT2D eigenvalue weighted by Gasteiger charge is 2.50. The normalized spacial score (nSPS) is 35.3. The van der Waals surface area contributed by atoms with Crippen molar-refractivity contribution in [1.29, 1.82) is 0 Å². The third-order valence-electron chi connectivity index (χ3n) is 9.02. The minimum Gasteiger partial charge on any atom is -0.393 e. The van der Waals surface area contributed by atoms with E-state index in [1.54, 1.807) is 5.57 Å². The maximum atomic E-state index is 10.5. The lowest BCUT2D eigenvalue weighted by molar-refractivity contribution is 0.0828. The van der Waals surface area contributed by atoms with Gasteiger partial charge in [0.1, 0.15) is 0 Å². The minimum atomic E-state index is -0.671. The molecule has 3 aliphatic carbocycles. The zero-order chi connectivity index (χ0) is 23.4. The van der Waals surface area contributed by atoms with Crippen molar-refractivity contribution >= 4 is 0 Å². The first kappa shape index (κ1) is 25.2. The fourth-order valence-electron chi connectivity index (χ4n) is 6.63. The van der Waals surface area contributed by atoms with Crippen molar-refractivity contribution in [3.8, 4) is 0 Å². The average molecular weight is 439 g/mol. The topological polar surface area (TPSA) is 40.5 Å². The summed E-state index contributed by atoms with van der Waals surface area (Å²) < 4.78 is 0. The zero-order valence-electron chi connectivity index (χ0n) is 20.9. The van der Waals surface area contributed by atoms with Gasteiger partial charge in [-0.15, -0.1) is 0 Å². The molecule has 2 nitrogen and oxygen atoms in total. The van der Waals surface area contributed by atoms with Crippen LogP contribution in [-0.2, 0) is 0 Å². The second kappa shape index (κ2) is 10.7. The Kier molecular flexibility index (Phi) is 8.44. The summed E-state index contributed by atoms with van der Waals surface area (Å²) in [6.07, 6.45) is 23.4. The van der Waals surface area contributed by atoms with Crippen LogP contribution in [0.3, 0.4) is 0 Å². The number of aliphatic hydroxyl groups excluding tert-OH is 1. The molecule has 0 bridgehead atoms. The molecule has 0 aromatic heterocycles. The van der Waals surface area contributed by atoms with Gasteiger partial charge in [0, 0.05) is 0 Å². The predicted molar refractivity (Wildman–Crippen MR) is 136 cm³/mol. The molecule has 0 aromatic carbocycles. The Morgan fingerprint density at radius 3 is 2.59 bits per heavy atom. The van der Waals surface area contributed by atoms with Crippen LogP contribution in [0.15, 0.2) is 59.8 Å². The molecule has 2 heteroatoms. The molecule has 0 spiro atoms. The summed E-state index contributed by atoms with van der Waals surface area (Å²) in [6, 6.07) is 0. The quantitative estimate of drug-likeness (QED) is 0.405. The van der Waals surface area contributed by atoms with E-state index in [2.05, 4.69) is 44.7 Å². The first-order valence-corrected chi connectivity index (χ1v) is 13.1. The number of aliphatic hydroxyl groups is 2. The van der Waals surface area contributed by atoms with Crippen LogP contribution in [0.2, 0.25) is 0 Å². The number of hydrogen-bond donors (Lipinski definition) is 2. The van der Waals surface area contributed by atoms with Gasteiger partial charge in [-0.05, 0) is 93.0 Å². The van der Waals surface area contributed by atoms with Gasteiger partial charge in [-0.3, -0.25) is 0 Å². The largest absolute Gasteiger partial charge is 0.393 e. The molecular formula is C30H46O2. The highest BCUT2D eigenvalue weighted by molar-refractivity contribution is 5.36. The first-order chi connectivity index (χ1) is 15.2. The monoisotopic (exact) mass is 438 g/mol. The molecule has 0 amide bonds. The van der Waals surface area contributed by atoms with Crippen molar-refractivity contribution in [2.75, 3.05) is 0 Å². The second-order valence-corrected chi connectivity index (χ2v) is 10.9. The summed E-state index contributed by atoms with van der Waals surface area (Å²) in [5.41, 5.74) is 3.77. The zero-order valence-corrected chi connectivity index (χ0v) is 20.9. The summed E-state index contributed by atoms with van der Waals surface area (Å²) in [7, 11) is 0. The molecule has 0 radical (unpaired) electrons. The van der Waals surface area contributed by atoms with E-state index in [0.717, 1.165) is 32.1 Å². The van der Waals surface area contributed by atoms with E-state index < -0.39 is 5.60 Å². The molecule has 2 unspecified atom stereocenters. The lowest BCUT2D eigenvalue weighted by atomic mass is 9.61. The summed E-state index contributed by atoms with van der Waals surface area (Å²) in [4.78, 5) is 0. The molecule has 5 atom stereocenters. The van der Waals surface area contributed by atoms with E-state index in [1.165, 1.54) is 43.3 Å². The Morgan fingerprint density at radius 2 is 1.88 bits per heavy atom. The van der Waals surface area contributed by atoms with Gasteiger partial charge in [-0.2, -0.15) is 0 Å². The van der Waals surface area contributed by atoms with Crippen molar-refractivity contribution in [2.24, 2.45) is 23.2 Å². The molecule has 0 saturated heterocycles. The molecule has 32 heavy (non-hydrogen) atoms. The van der Waals surface area contributed by atoms with Crippen LogP contribution in [0.1, 0.15) is 91.9 Å². The number of rotatable bonds is 7. The Balaban J connectivity index is 1.70. The third-order valence-corrected chi connectivity index (χ3v) is 9.02. The van der Waals surface area contributed by atoms with Gasteiger partial charge in [0.05, 0.1) is 11.7 Å². The van der Waals surface area contributed by atoms with E-state index in [-0.39, 0.29) is 6.10 Å². The van der Waals surface area contributed by atoms with Gasteiger partial charge in [0.2, 0.25) is 0 Å². The molecular weight excluding hydrogens is 392 g/mol. The van der Waals surface area contributed by atoms with E-state index in [0.29, 0.717) is 23.2 Å². The molecule has 3 aliphatic rings. The SMILES string of the molecule is C=C1CC[C@H](O)C/C1=C/C=C1\CCC[C@@]2(C)C1CCC2[C@H](C)/C=C/C=C/C(O)(CC)CC. The van der Waals surface area contributed by atoms with Crippen LogP contribution in [0.5, 0.6) is 0 Å². The standard InChI is InChI=1S/C30H46O2/c1-6-30(32,7-2)20-9-8-11-23(4)27-17-18-28-24(12-10-19-29(27,28)5)14-15-25-21-26(31)16-13-22(25)3/h8-9,11,14-15,20,23,26-28,31-32H,3,6-7,10,12-13,16-19,21H2,1-2,4-5H3/b11-8+,20-9+,24-14+,25-15-/t23-,26+,27?,28?,29-/m1/s1. The van der Waals surface area contributed by atoms with Gasteiger partial charge in [0.25, 0.3) is 0 Å². The van der Waals surface area contributed by atoms with Gasteiger partial charge < -0.3 is 10.2 Å². The van der Waals surface area contributed by atoms with E-state index in [4.69, 9.17) is 0 Å². The van der Waals surface area contributed by atoms with Crippen LogP contribution in [0.25, 0.3) is 0 Å². The summed E-state index contributed by atoms with van der Waals surface area (Å²) in [6.45, 7) is 13.2. The first-order valence-electron chi connectivity index (χ1n) is 13.1. The van der Waals surface area contributed by atoms with Crippen molar-refractivity contribution in [1.82, 2.24) is 0 Å². The Bertz CT molecular complexity index is 779. The number of allylic oxidation sites excluding steroid dienone is 7. The van der Waals surface area contributed by atoms with Crippen molar-refractivity contribution in [3.63, 3.8) is 0 Å². The molecule has 0 heterocycles. The van der Waals surface area contributed by atoms with Crippen molar-refractivity contribution in [2.45, 2.75) is 104 Å². The third kappa shape index (κ3) is 5.57. The van der Waals surface area contributed by atoms with Gasteiger partial charge in [-0.1, -0.05) is 81.9 Å². The van der Waals surface area contributed by atoms with Crippen LogP contribution >= 0.6 is 0 Å². The van der Waals surface area contributed by atoms with Crippen LogP contribution in [-0.4, -0.2) is 21.9 Å². The minimum absolute atomic E-state index is 0.204. The van der Waals surface area contributed by atoms with Crippen LogP contribution in [0, 0.1) is 23.2 Å². The summed E-state index contributed by atoms with van der Waals surface area (Å²) >= 11 is 0. The molecule has 178 valence electrons. The van der Waals surface area contributed by atoms with Crippen molar-refractivity contribution < 1.29 is 10.2 Å². The maximum absolute atomic E-state index is 10.5. The Hall–Kier alpha value is -1.38. The number of fused-ring (bicyclic) bond motifs is 1. The molecule has 3 fully saturated rings. The van der Waals surface area contributed by atoms with Gasteiger partial charge >= 0.3 is 0 Å². The number of hydrogen-bond acceptors (Lipinski definition) is 2. The van der Waals surface area contributed by atoms with E-state index >= 15 is 0 Å². The summed E-state index contributed by atoms with van der Waals surface area (Å²) in [5, 5.41) is 20.5. The Morgan fingerprint density at radius 1 is 1.12 bits per heavy atom. The summed E-state index contributed by atoms with van der Waals surface area (Å²) in [5.74, 6) is 1.92. The van der Waals surface area contributed by atoms with E-state index in [9.17, 15) is 10.2 Å². The highest BCUT2D eigenvalue weighted by Crippen LogP contribution is 2.59.